The van der Waals surface area contributed by atoms with Crippen molar-refractivity contribution >= 4 is 22.9 Å². The highest BCUT2D eigenvalue weighted by atomic mass is 35.5. The number of halogens is 1. The molecule has 0 aliphatic rings. The van der Waals surface area contributed by atoms with Gasteiger partial charge in [0.05, 0.1) is 5.38 Å². The third-order valence-corrected chi connectivity index (χ3v) is 4.98. The number of rotatable bonds is 11. The summed E-state index contributed by atoms with van der Waals surface area (Å²) in [6.45, 7) is 2.27. The molecule has 104 valence electrons. The molecular formula is C16H27ClS. The van der Waals surface area contributed by atoms with Crippen LogP contribution in [0.3, 0.4) is 0 Å². The summed E-state index contributed by atoms with van der Waals surface area (Å²) in [7, 11) is 0. The predicted molar refractivity (Wildman–Crippen MR) is 84.8 cm³/mol. The maximum atomic E-state index is 6.36. The summed E-state index contributed by atoms with van der Waals surface area (Å²) in [6.07, 6.45) is 13.6. The van der Waals surface area contributed by atoms with E-state index in [0.717, 1.165) is 6.42 Å². The van der Waals surface area contributed by atoms with Crippen molar-refractivity contribution in [3.05, 3.63) is 22.4 Å². The average molecular weight is 287 g/mol. The van der Waals surface area contributed by atoms with Gasteiger partial charge in [-0.25, -0.2) is 0 Å². The van der Waals surface area contributed by atoms with E-state index in [1.807, 2.05) is 0 Å². The minimum absolute atomic E-state index is 0.245. The molecule has 0 spiro atoms. The molecule has 0 fully saturated rings. The van der Waals surface area contributed by atoms with Gasteiger partial charge in [0.2, 0.25) is 0 Å². The summed E-state index contributed by atoms with van der Waals surface area (Å²) in [6, 6.07) is 4.24. The summed E-state index contributed by atoms with van der Waals surface area (Å²) in [5.41, 5.74) is 0. The molecule has 1 rings (SSSR count). The maximum Gasteiger partial charge on any atom is 0.0678 e. The molecule has 1 heterocycles. The van der Waals surface area contributed by atoms with E-state index in [9.17, 15) is 0 Å². The lowest BCUT2D eigenvalue weighted by Crippen LogP contribution is -1.87. The van der Waals surface area contributed by atoms with E-state index < -0.39 is 0 Å². The predicted octanol–water partition coefficient (Wildman–Crippen LogP) is 6.95. The van der Waals surface area contributed by atoms with Crippen LogP contribution >= 0.6 is 22.9 Å². The summed E-state index contributed by atoms with van der Waals surface area (Å²) in [5.74, 6) is 0. The van der Waals surface area contributed by atoms with Crippen LogP contribution in [0.5, 0.6) is 0 Å². The third-order valence-electron chi connectivity index (χ3n) is 3.41. The molecule has 0 saturated carbocycles. The van der Waals surface area contributed by atoms with Gasteiger partial charge in [0, 0.05) is 4.88 Å². The molecule has 1 aromatic heterocycles. The Kier molecular flexibility index (Phi) is 9.69. The third kappa shape index (κ3) is 7.43. The fraction of sp³-hybridized carbons (Fsp3) is 0.750. The zero-order valence-corrected chi connectivity index (χ0v) is 13.2. The van der Waals surface area contributed by atoms with Gasteiger partial charge in [0.25, 0.3) is 0 Å². The van der Waals surface area contributed by atoms with Crippen LogP contribution in [-0.2, 0) is 0 Å². The quantitative estimate of drug-likeness (QED) is 0.305. The molecule has 0 saturated heterocycles. The Morgan fingerprint density at radius 3 is 2.17 bits per heavy atom. The number of hydrogen-bond donors (Lipinski definition) is 0. The van der Waals surface area contributed by atoms with E-state index in [-0.39, 0.29) is 5.38 Å². The first-order valence-corrected chi connectivity index (χ1v) is 8.83. The molecule has 0 aromatic carbocycles. The van der Waals surface area contributed by atoms with Crippen LogP contribution in [-0.4, -0.2) is 0 Å². The number of hydrogen-bond acceptors (Lipinski definition) is 1. The lowest BCUT2D eigenvalue weighted by atomic mass is 10.1. The highest BCUT2D eigenvalue weighted by molar-refractivity contribution is 7.10. The SMILES string of the molecule is CCCCCCCCCCCC(Cl)c1cccs1. The van der Waals surface area contributed by atoms with Crippen LogP contribution in [0, 0.1) is 0 Å². The molecular weight excluding hydrogens is 260 g/mol. The Bertz CT molecular complexity index is 269. The molecule has 1 aromatic rings. The van der Waals surface area contributed by atoms with Crippen molar-refractivity contribution in [3.8, 4) is 0 Å². The smallest absolute Gasteiger partial charge is 0.0678 e. The first-order chi connectivity index (χ1) is 8.84. The Morgan fingerprint density at radius 1 is 1.00 bits per heavy atom. The zero-order valence-electron chi connectivity index (χ0n) is 11.7. The first-order valence-electron chi connectivity index (χ1n) is 7.52. The molecule has 2 heteroatoms. The Morgan fingerprint density at radius 2 is 1.61 bits per heavy atom. The van der Waals surface area contributed by atoms with Crippen molar-refractivity contribution in [2.45, 2.75) is 76.5 Å². The fourth-order valence-electron chi connectivity index (χ4n) is 2.25. The van der Waals surface area contributed by atoms with Gasteiger partial charge in [-0.15, -0.1) is 22.9 Å². The molecule has 0 amide bonds. The minimum Gasteiger partial charge on any atom is -0.147 e. The Hall–Kier alpha value is -0.0100. The van der Waals surface area contributed by atoms with Crippen molar-refractivity contribution in [1.29, 1.82) is 0 Å². The average Bonchev–Trinajstić information content (AvgIpc) is 2.90. The van der Waals surface area contributed by atoms with E-state index in [4.69, 9.17) is 11.6 Å². The number of alkyl halides is 1. The Labute approximate surface area is 122 Å². The van der Waals surface area contributed by atoms with Gasteiger partial charge < -0.3 is 0 Å². The van der Waals surface area contributed by atoms with Crippen molar-refractivity contribution in [2.75, 3.05) is 0 Å². The van der Waals surface area contributed by atoms with Crippen molar-refractivity contribution in [1.82, 2.24) is 0 Å². The monoisotopic (exact) mass is 286 g/mol. The highest BCUT2D eigenvalue weighted by Gasteiger charge is 2.07. The van der Waals surface area contributed by atoms with E-state index in [1.165, 1.54) is 62.7 Å². The van der Waals surface area contributed by atoms with E-state index in [1.54, 1.807) is 11.3 Å². The molecule has 0 N–H and O–H groups in total. The molecule has 1 atom stereocenters. The lowest BCUT2D eigenvalue weighted by Gasteiger charge is -2.06. The van der Waals surface area contributed by atoms with E-state index in [0.29, 0.717) is 0 Å². The van der Waals surface area contributed by atoms with E-state index in [2.05, 4.69) is 24.4 Å². The summed E-state index contributed by atoms with van der Waals surface area (Å²) in [4.78, 5) is 1.33. The second-order valence-electron chi connectivity index (χ2n) is 5.10. The topological polar surface area (TPSA) is 0 Å². The van der Waals surface area contributed by atoms with Crippen LogP contribution in [0.25, 0.3) is 0 Å². The molecule has 1 unspecified atom stereocenters. The largest absolute Gasteiger partial charge is 0.147 e. The van der Waals surface area contributed by atoms with E-state index >= 15 is 0 Å². The van der Waals surface area contributed by atoms with Crippen LogP contribution in [0.15, 0.2) is 17.5 Å². The first kappa shape index (κ1) is 16.0. The molecule has 0 aliphatic heterocycles. The van der Waals surface area contributed by atoms with Crippen LogP contribution < -0.4 is 0 Å². The van der Waals surface area contributed by atoms with Gasteiger partial charge in [0.15, 0.2) is 0 Å². The van der Waals surface area contributed by atoms with Crippen molar-refractivity contribution < 1.29 is 0 Å². The fourth-order valence-corrected chi connectivity index (χ4v) is 3.36. The number of thiophene rings is 1. The van der Waals surface area contributed by atoms with Gasteiger partial charge in [-0.05, 0) is 17.9 Å². The maximum absolute atomic E-state index is 6.36. The van der Waals surface area contributed by atoms with Crippen LogP contribution in [0.1, 0.15) is 81.4 Å². The highest BCUT2D eigenvalue weighted by Crippen LogP contribution is 2.29. The second kappa shape index (κ2) is 10.9. The standard InChI is InChI=1S/C16H27ClS/c1-2-3-4-5-6-7-8-9-10-12-15(17)16-13-11-14-18-16/h11,13-15H,2-10,12H2,1H3. The summed E-state index contributed by atoms with van der Waals surface area (Å²) >= 11 is 8.13. The van der Waals surface area contributed by atoms with Gasteiger partial charge in [-0.1, -0.05) is 70.8 Å². The van der Waals surface area contributed by atoms with Crippen molar-refractivity contribution in [2.24, 2.45) is 0 Å². The Balaban J connectivity index is 1.87. The normalized spacial score (nSPS) is 12.8. The van der Waals surface area contributed by atoms with Crippen molar-refractivity contribution in [3.63, 3.8) is 0 Å². The summed E-state index contributed by atoms with van der Waals surface area (Å²) < 4.78 is 0. The molecule has 0 nitrogen and oxygen atoms in total. The zero-order chi connectivity index (χ0) is 13.1. The molecule has 0 bridgehead atoms. The van der Waals surface area contributed by atoms with Gasteiger partial charge in [0.1, 0.15) is 0 Å². The summed E-state index contributed by atoms with van der Waals surface area (Å²) in [5, 5.41) is 2.36. The van der Waals surface area contributed by atoms with Gasteiger partial charge in [-0.3, -0.25) is 0 Å². The second-order valence-corrected chi connectivity index (χ2v) is 6.61. The van der Waals surface area contributed by atoms with Crippen LogP contribution in [0.2, 0.25) is 0 Å². The lowest BCUT2D eigenvalue weighted by molar-refractivity contribution is 0.555. The molecule has 0 radical (unpaired) electrons. The number of unbranched alkanes of at least 4 members (excludes halogenated alkanes) is 8. The van der Waals surface area contributed by atoms with Gasteiger partial charge >= 0.3 is 0 Å². The van der Waals surface area contributed by atoms with Gasteiger partial charge in [-0.2, -0.15) is 0 Å². The molecule has 18 heavy (non-hydrogen) atoms. The molecule has 0 aliphatic carbocycles. The van der Waals surface area contributed by atoms with Crippen LogP contribution in [0.4, 0.5) is 0 Å². The minimum atomic E-state index is 0.245.